The van der Waals surface area contributed by atoms with Gasteiger partial charge < -0.3 is 4.90 Å². The maximum Gasteiger partial charge on any atom is 0.293 e. The van der Waals surface area contributed by atoms with Crippen molar-refractivity contribution < 1.29 is 14.5 Å². The summed E-state index contributed by atoms with van der Waals surface area (Å²) in [5.41, 5.74) is 3.67. The highest BCUT2D eigenvalue weighted by molar-refractivity contribution is 6.31. The van der Waals surface area contributed by atoms with Gasteiger partial charge in [0.2, 0.25) is 0 Å². The standard InChI is InChI=1S/C18H16N4O4/c1-20(2)15-9-8-12(11-16(15)22(25)26)10-14-17(23)19-21(18(14)24)13-6-4-3-5-7-13/h3-11H,1-2H3,(H,19,23)/b14-10-. The van der Waals surface area contributed by atoms with Crippen molar-refractivity contribution in [3.8, 4) is 0 Å². The molecule has 0 radical (unpaired) electrons. The summed E-state index contributed by atoms with van der Waals surface area (Å²) >= 11 is 0. The maximum atomic E-state index is 12.5. The second-order valence-electron chi connectivity index (χ2n) is 5.87. The van der Waals surface area contributed by atoms with Gasteiger partial charge in [0.1, 0.15) is 11.3 Å². The summed E-state index contributed by atoms with van der Waals surface area (Å²) in [6.07, 6.45) is 1.35. The van der Waals surface area contributed by atoms with Crippen LogP contribution in [0.2, 0.25) is 0 Å². The third-order valence-corrected chi connectivity index (χ3v) is 3.89. The van der Waals surface area contributed by atoms with E-state index < -0.39 is 16.7 Å². The van der Waals surface area contributed by atoms with Gasteiger partial charge >= 0.3 is 0 Å². The zero-order valence-corrected chi connectivity index (χ0v) is 14.2. The number of carbonyl (C=O) groups excluding carboxylic acids is 2. The molecule has 0 aliphatic carbocycles. The van der Waals surface area contributed by atoms with Crippen molar-refractivity contribution in [2.75, 3.05) is 24.0 Å². The molecule has 0 bridgehead atoms. The smallest absolute Gasteiger partial charge is 0.293 e. The summed E-state index contributed by atoms with van der Waals surface area (Å²) in [6.45, 7) is 0. The van der Waals surface area contributed by atoms with Crippen LogP contribution < -0.4 is 15.3 Å². The van der Waals surface area contributed by atoms with Gasteiger partial charge in [0.05, 0.1) is 10.6 Å². The number of hydrogen-bond donors (Lipinski definition) is 1. The molecule has 8 heteroatoms. The molecule has 2 aromatic rings. The average Bonchev–Trinajstić information content (AvgIpc) is 2.90. The molecule has 132 valence electrons. The Morgan fingerprint density at radius 2 is 1.81 bits per heavy atom. The number of carbonyl (C=O) groups is 2. The van der Waals surface area contributed by atoms with Crippen LogP contribution in [0, 0.1) is 10.1 Å². The molecule has 3 rings (SSSR count). The fraction of sp³-hybridized carbons (Fsp3) is 0.111. The Kier molecular flexibility index (Phi) is 4.40. The molecule has 1 aliphatic rings. The van der Waals surface area contributed by atoms with Crippen molar-refractivity contribution in [1.29, 1.82) is 0 Å². The molecule has 0 spiro atoms. The first-order chi connectivity index (χ1) is 12.4. The van der Waals surface area contributed by atoms with E-state index in [-0.39, 0.29) is 11.3 Å². The number of nitro benzene ring substituents is 1. The van der Waals surface area contributed by atoms with Crippen molar-refractivity contribution >= 4 is 35.0 Å². The van der Waals surface area contributed by atoms with Gasteiger partial charge in [0, 0.05) is 20.2 Å². The summed E-state index contributed by atoms with van der Waals surface area (Å²) in [4.78, 5) is 37.1. The highest BCUT2D eigenvalue weighted by Crippen LogP contribution is 2.29. The molecule has 1 N–H and O–H groups in total. The van der Waals surface area contributed by atoms with Gasteiger partial charge in [0.25, 0.3) is 17.5 Å². The molecule has 0 unspecified atom stereocenters. The third-order valence-electron chi connectivity index (χ3n) is 3.89. The fourth-order valence-corrected chi connectivity index (χ4v) is 2.64. The minimum atomic E-state index is -0.557. The van der Waals surface area contributed by atoms with Gasteiger partial charge in [-0.25, -0.2) is 5.01 Å². The van der Waals surface area contributed by atoms with E-state index in [2.05, 4.69) is 5.43 Å². The van der Waals surface area contributed by atoms with Crippen LogP contribution >= 0.6 is 0 Å². The van der Waals surface area contributed by atoms with E-state index >= 15 is 0 Å². The molecule has 0 saturated carbocycles. The van der Waals surface area contributed by atoms with Crippen LogP contribution in [0.15, 0.2) is 54.1 Å². The number of para-hydroxylation sites is 1. The van der Waals surface area contributed by atoms with Crippen molar-refractivity contribution in [2.45, 2.75) is 0 Å². The Balaban J connectivity index is 1.97. The molecule has 1 aliphatic heterocycles. The van der Waals surface area contributed by atoms with Gasteiger partial charge in [-0.3, -0.25) is 25.1 Å². The number of hydrogen-bond acceptors (Lipinski definition) is 5. The number of nitrogens with zero attached hydrogens (tertiary/aromatic N) is 3. The summed E-state index contributed by atoms with van der Waals surface area (Å²) in [5, 5.41) is 12.4. The normalized spacial score (nSPS) is 15.3. The molecule has 1 saturated heterocycles. The second kappa shape index (κ2) is 6.67. The van der Waals surface area contributed by atoms with Gasteiger partial charge in [-0.15, -0.1) is 0 Å². The Hall–Kier alpha value is -3.68. The number of nitrogens with one attached hydrogen (secondary N) is 1. The number of hydrazine groups is 1. The van der Waals surface area contributed by atoms with Gasteiger partial charge in [-0.1, -0.05) is 24.3 Å². The van der Waals surface area contributed by atoms with Crippen LogP contribution in [0.5, 0.6) is 0 Å². The number of anilines is 2. The van der Waals surface area contributed by atoms with E-state index in [1.54, 1.807) is 61.5 Å². The van der Waals surface area contributed by atoms with E-state index in [1.165, 1.54) is 12.1 Å². The summed E-state index contributed by atoms with van der Waals surface area (Å²) < 4.78 is 0. The quantitative estimate of drug-likeness (QED) is 0.394. The van der Waals surface area contributed by atoms with Crippen molar-refractivity contribution in [1.82, 2.24) is 5.43 Å². The van der Waals surface area contributed by atoms with Crippen molar-refractivity contribution in [3.05, 3.63) is 69.8 Å². The largest absolute Gasteiger partial charge is 0.372 e. The zero-order chi connectivity index (χ0) is 18.8. The SMILES string of the molecule is CN(C)c1ccc(/C=C2/C(=O)NN(c3ccccc3)C2=O)cc1[N+](=O)[O-]. The molecule has 0 aromatic heterocycles. The minimum absolute atomic E-state index is 0.0826. The van der Waals surface area contributed by atoms with Gasteiger partial charge in [0.15, 0.2) is 0 Å². The number of nitro groups is 1. The summed E-state index contributed by atoms with van der Waals surface area (Å²) in [7, 11) is 3.40. The lowest BCUT2D eigenvalue weighted by Crippen LogP contribution is -2.35. The van der Waals surface area contributed by atoms with Crippen molar-refractivity contribution in [2.24, 2.45) is 0 Å². The van der Waals surface area contributed by atoms with Gasteiger partial charge in [-0.05, 0) is 29.8 Å². The first-order valence-electron chi connectivity index (χ1n) is 7.76. The van der Waals surface area contributed by atoms with Crippen LogP contribution in [-0.2, 0) is 9.59 Å². The lowest BCUT2D eigenvalue weighted by molar-refractivity contribution is -0.384. The first-order valence-corrected chi connectivity index (χ1v) is 7.76. The predicted molar refractivity (Wildman–Crippen MR) is 97.5 cm³/mol. The molecule has 1 heterocycles. The third kappa shape index (κ3) is 3.12. The van der Waals surface area contributed by atoms with Crippen LogP contribution in [0.25, 0.3) is 6.08 Å². The van der Waals surface area contributed by atoms with E-state index in [0.717, 1.165) is 5.01 Å². The Morgan fingerprint density at radius 1 is 1.12 bits per heavy atom. The second-order valence-corrected chi connectivity index (χ2v) is 5.87. The van der Waals surface area contributed by atoms with E-state index in [1.807, 2.05) is 0 Å². The van der Waals surface area contributed by atoms with E-state index in [4.69, 9.17) is 0 Å². The lowest BCUT2D eigenvalue weighted by atomic mass is 10.1. The highest BCUT2D eigenvalue weighted by atomic mass is 16.6. The monoisotopic (exact) mass is 352 g/mol. The summed E-state index contributed by atoms with van der Waals surface area (Å²) in [5.74, 6) is -1.07. The predicted octanol–water partition coefficient (Wildman–Crippen LogP) is 2.12. The number of amides is 2. The molecule has 2 amide bonds. The van der Waals surface area contributed by atoms with Crippen LogP contribution in [0.3, 0.4) is 0 Å². The zero-order valence-electron chi connectivity index (χ0n) is 14.2. The minimum Gasteiger partial charge on any atom is -0.372 e. The number of benzene rings is 2. The molecule has 8 nitrogen and oxygen atoms in total. The fourth-order valence-electron chi connectivity index (χ4n) is 2.64. The average molecular weight is 352 g/mol. The van der Waals surface area contributed by atoms with E-state index in [9.17, 15) is 19.7 Å². The molecule has 2 aromatic carbocycles. The Labute approximate surface area is 149 Å². The van der Waals surface area contributed by atoms with Gasteiger partial charge in [-0.2, -0.15) is 0 Å². The molecular weight excluding hydrogens is 336 g/mol. The number of rotatable bonds is 4. The molecule has 26 heavy (non-hydrogen) atoms. The van der Waals surface area contributed by atoms with Crippen molar-refractivity contribution in [3.63, 3.8) is 0 Å². The topological polar surface area (TPSA) is 95.8 Å². The molecule has 1 fully saturated rings. The van der Waals surface area contributed by atoms with Crippen LogP contribution in [0.4, 0.5) is 17.1 Å². The Morgan fingerprint density at radius 3 is 2.42 bits per heavy atom. The molecular formula is C18H16N4O4. The lowest BCUT2D eigenvalue weighted by Gasteiger charge is -2.14. The van der Waals surface area contributed by atoms with Crippen LogP contribution in [-0.4, -0.2) is 30.8 Å². The van der Waals surface area contributed by atoms with E-state index in [0.29, 0.717) is 16.9 Å². The Bertz CT molecular complexity index is 922. The van der Waals surface area contributed by atoms with Crippen LogP contribution in [0.1, 0.15) is 5.56 Å². The summed E-state index contributed by atoms with van der Waals surface area (Å²) in [6, 6.07) is 13.2. The highest BCUT2D eigenvalue weighted by Gasteiger charge is 2.34. The maximum absolute atomic E-state index is 12.5. The first kappa shape index (κ1) is 17.2. The molecule has 0 atom stereocenters.